The number of carbonyl (C=O) groups excluding carboxylic acids is 3. The zero-order chi connectivity index (χ0) is 13.1. The summed E-state index contributed by atoms with van der Waals surface area (Å²) in [5, 5.41) is 4.56. The second kappa shape index (κ2) is 4.91. The van der Waals surface area contributed by atoms with E-state index in [9.17, 15) is 18.8 Å². The Bertz CT molecular complexity index is 501. The molecule has 0 radical (unpaired) electrons. The van der Waals surface area contributed by atoms with Gasteiger partial charge in [-0.05, 0) is 18.6 Å². The Morgan fingerprint density at radius 2 is 2.22 bits per heavy atom. The third-order valence-electron chi connectivity index (χ3n) is 2.50. The largest absolute Gasteiger partial charge is 0.339 e. The van der Waals surface area contributed by atoms with Crippen molar-refractivity contribution in [2.45, 2.75) is 18.9 Å². The minimum Gasteiger partial charge on any atom is -0.339 e. The fourth-order valence-electron chi connectivity index (χ4n) is 1.57. The maximum Gasteiger partial charge on any atom is 0.270 e. The van der Waals surface area contributed by atoms with Gasteiger partial charge in [-0.1, -0.05) is 0 Å². The molecule has 1 aliphatic rings. The monoisotopic (exact) mass is 251 g/mol. The van der Waals surface area contributed by atoms with Crippen molar-refractivity contribution in [2.75, 3.05) is 0 Å². The topological polar surface area (TPSA) is 88.2 Å². The Morgan fingerprint density at radius 1 is 1.44 bits per heavy atom. The highest BCUT2D eigenvalue weighted by Gasteiger charge is 2.28. The molecular weight excluding hydrogens is 241 g/mol. The van der Waals surface area contributed by atoms with Crippen LogP contribution in [0.15, 0.2) is 18.3 Å². The minimum absolute atomic E-state index is 0.0149. The van der Waals surface area contributed by atoms with Gasteiger partial charge in [0.15, 0.2) is 0 Å². The van der Waals surface area contributed by atoms with E-state index >= 15 is 0 Å². The highest BCUT2D eigenvalue weighted by molar-refractivity contribution is 6.03. The molecule has 2 rings (SSSR count). The van der Waals surface area contributed by atoms with Crippen LogP contribution in [0.2, 0.25) is 0 Å². The third kappa shape index (κ3) is 2.68. The van der Waals surface area contributed by atoms with Crippen molar-refractivity contribution in [1.29, 1.82) is 0 Å². The number of hydrogen-bond acceptors (Lipinski definition) is 4. The number of halogens is 1. The number of nitrogens with zero attached hydrogens (tertiary/aromatic N) is 1. The molecule has 18 heavy (non-hydrogen) atoms. The van der Waals surface area contributed by atoms with Crippen molar-refractivity contribution in [1.82, 2.24) is 15.6 Å². The van der Waals surface area contributed by atoms with Gasteiger partial charge in [0.05, 0.1) is 6.20 Å². The lowest BCUT2D eigenvalue weighted by Crippen LogP contribution is -2.52. The van der Waals surface area contributed by atoms with Gasteiger partial charge in [-0.3, -0.25) is 19.7 Å². The Balaban J connectivity index is 2.01. The molecule has 7 heteroatoms. The number of amides is 3. The maximum atomic E-state index is 12.6. The summed E-state index contributed by atoms with van der Waals surface area (Å²) in [6, 6.07) is 1.56. The average Bonchev–Trinajstić information content (AvgIpc) is 2.33. The molecule has 1 aromatic heterocycles. The normalized spacial score (nSPS) is 19.3. The molecule has 1 atom stereocenters. The van der Waals surface area contributed by atoms with Crippen molar-refractivity contribution in [3.63, 3.8) is 0 Å². The summed E-state index contributed by atoms with van der Waals surface area (Å²) in [5.41, 5.74) is 0.0149. The smallest absolute Gasteiger partial charge is 0.270 e. The Kier molecular flexibility index (Phi) is 3.31. The van der Waals surface area contributed by atoms with Crippen LogP contribution in [-0.4, -0.2) is 28.7 Å². The van der Waals surface area contributed by atoms with Crippen LogP contribution in [0.25, 0.3) is 0 Å². The summed E-state index contributed by atoms with van der Waals surface area (Å²) >= 11 is 0. The molecule has 2 heterocycles. The van der Waals surface area contributed by atoms with Gasteiger partial charge in [-0.25, -0.2) is 9.37 Å². The zero-order valence-electron chi connectivity index (χ0n) is 9.27. The van der Waals surface area contributed by atoms with Crippen LogP contribution in [-0.2, 0) is 9.59 Å². The van der Waals surface area contributed by atoms with E-state index in [0.717, 1.165) is 12.3 Å². The number of nitrogens with one attached hydrogen (secondary N) is 2. The first-order chi connectivity index (χ1) is 8.56. The lowest BCUT2D eigenvalue weighted by molar-refractivity contribution is -0.134. The molecule has 1 aliphatic heterocycles. The molecule has 6 nitrogen and oxygen atoms in total. The van der Waals surface area contributed by atoms with Gasteiger partial charge in [0, 0.05) is 6.42 Å². The number of rotatable bonds is 2. The number of hydrogen-bond donors (Lipinski definition) is 2. The Hall–Kier alpha value is -2.31. The van der Waals surface area contributed by atoms with Gasteiger partial charge in [0.1, 0.15) is 17.6 Å². The number of aromatic nitrogens is 1. The van der Waals surface area contributed by atoms with Crippen LogP contribution >= 0.6 is 0 Å². The zero-order valence-corrected chi connectivity index (χ0v) is 9.27. The van der Waals surface area contributed by atoms with Crippen molar-refractivity contribution >= 4 is 17.7 Å². The second-order valence-electron chi connectivity index (χ2n) is 3.84. The standard InChI is InChI=1S/C11H10FN3O3/c12-6-1-2-7(13-5-6)10(17)14-8-3-4-9(16)15-11(8)18/h1-2,5,8H,3-4H2,(H,14,17)(H,15,16,18). The maximum absolute atomic E-state index is 12.6. The Morgan fingerprint density at radius 3 is 2.83 bits per heavy atom. The first kappa shape index (κ1) is 12.2. The fourth-order valence-corrected chi connectivity index (χ4v) is 1.57. The van der Waals surface area contributed by atoms with E-state index in [2.05, 4.69) is 15.6 Å². The average molecular weight is 251 g/mol. The summed E-state index contributed by atoms with van der Waals surface area (Å²) in [6.45, 7) is 0. The molecule has 0 spiro atoms. The fraction of sp³-hybridized carbons (Fsp3) is 0.273. The molecule has 2 N–H and O–H groups in total. The molecule has 0 aliphatic carbocycles. The van der Waals surface area contributed by atoms with E-state index < -0.39 is 23.7 Å². The van der Waals surface area contributed by atoms with Gasteiger partial charge < -0.3 is 5.32 Å². The molecule has 1 unspecified atom stereocenters. The van der Waals surface area contributed by atoms with Crippen molar-refractivity contribution in [3.8, 4) is 0 Å². The van der Waals surface area contributed by atoms with Crippen molar-refractivity contribution < 1.29 is 18.8 Å². The van der Waals surface area contributed by atoms with E-state index in [4.69, 9.17) is 0 Å². The summed E-state index contributed by atoms with van der Waals surface area (Å²) in [6.07, 6.45) is 1.34. The van der Waals surface area contributed by atoms with Gasteiger partial charge >= 0.3 is 0 Å². The van der Waals surface area contributed by atoms with Crippen molar-refractivity contribution in [2.24, 2.45) is 0 Å². The molecule has 1 fully saturated rings. The van der Waals surface area contributed by atoms with E-state index in [1.807, 2.05) is 0 Å². The second-order valence-corrected chi connectivity index (χ2v) is 3.84. The lowest BCUT2D eigenvalue weighted by Gasteiger charge is -2.21. The summed E-state index contributed by atoms with van der Waals surface area (Å²) in [5.74, 6) is -2.02. The van der Waals surface area contributed by atoms with Crippen LogP contribution in [0, 0.1) is 5.82 Å². The van der Waals surface area contributed by atoms with Gasteiger partial charge in [0.2, 0.25) is 11.8 Å². The lowest BCUT2D eigenvalue weighted by atomic mass is 10.1. The van der Waals surface area contributed by atoms with Gasteiger partial charge in [0.25, 0.3) is 5.91 Å². The molecule has 1 aromatic rings. The minimum atomic E-state index is -0.762. The van der Waals surface area contributed by atoms with Crippen LogP contribution in [0.4, 0.5) is 4.39 Å². The van der Waals surface area contributed by atoms with Crippen LogP contribution in [0.3, 0.4) is 0 Å². The number of carbonyl (C=O) groups is 3. The Labute approximate surface area is 102 Å². The predicted octanol–water partition coefficient (Wildman–Crippen LogP) is -0.244. The SMILES string of the molecule is O=C1CCC(NC(=O)c2ccc(F)cn2)C(=O)N1. The van der Waals surface area contributed by atoms with E-state index in [0.29, 0.717) is 0 Å². The quantitative estimate of drug-likeness (QED) is 0.710. The number of pyridine rings is 1. The van der Waals surface area contributed by atoms with Gasteiger partial charge in [-0.15, -0.1) is 0 Å². The molecule has 0 bridgehead atoms. The molecule has 94 valence electrons. The molecule has 0 aromatic carbocycles. The first-order valence-corrected chi connectivity index (χ1v) is 5.32. The van der Waals surface area contributed by atoms with Crippen molar-refractivity contribution in [3.05, 3.63) is 29.8 Å². The van der Waals surface area contributed by atoms with Crippen LogP contribution < -0.4 is 10.6 Å². The van der Waals surface area contributed by atoms with E-state index in [1.54, 1.807) is 0 Å². The third-order valence-corrected chi connectivity index (χ3v) is 2.50. The number of piperidine rings is 1. The molecular formula is C11H10FN3O3. The summed E-state index contributed by atoms with van der Waals surface area (Å²) in [7, 11) is 0. The van der Waals surface area contributed by atoms with Crippen LogP contribution in [0.5, 0.6) is 0 Å². The summed E-state index contributed by atoms with van der Waals surface area (Å²) in [4.78, 5) is 37.6. The highest BCUT2D eigenvalue weighted by Crippen LogP contribution is 2.06. The summed E-state index contributed by atoms with van der Waals surface area (Å²) < 4.78 is 12.6. The molecule has 0 saturated carbocycles. The van der Waals surface area contributed by atoms with E-state index in [-0.39, 0.29) is 24.4 Å². The highest BCUT2D eigenvalue weighted by atomic mass is 19.1. The van der Waals surface area contributed by atoms with Gasteiger partial charge in [-0.2, -0.15) is 0 Å². The number of imide groups is 1. The molecule has 1 saturated heterocycles. The first-order valence-electron chi connectivity index (χ1n) is 5.32. The van der Waals surface area contributed by atoms with Crippen LogP contribution in [0.1, 0.15) is 23.3 Å². The predicted molar refractivity (Wildman–Crippen MR) is 57.8 cm³/mol. The molecule has 3 amide bonds. The van der Waals surface area contributed by atoms with E-state index in [1.165, 1.54) is 6.07 Å².